The maximum atomic E-state index is 15.2. The highest BCUT2D eigenvalue weighted by atomic mass is 19.1. The van der Waals surface area contributed by atoms with Crippen molar-refractivity contribution in [1.82, 2.24) is 14.8 Å². The molecule has 9 nitrogen and oxygen atoms in total. The average Bonchev–Trinajstić information content (AvgIpc) is 3.14. The van der Waals surface area contributed by atoms with Crippen molar-refractivity contribution < 1.29 is 23.4 Å². The molecule has 0 aliphatic heterocycles. The zero-order chi connectivity index (χ0) is 25.1. The highest BCUT2D eigenvalue weighted by molar-refractivity contribution is 6.04. The van der Waals surface area contributed by atoms with Crippen LogP contribution in [0.3, 0.4) is 0 Å². The number of anilines is 1. The van der Waals surface area contributed by atoms with Crippen LogP contribution in [-0.4, -0.2) is 38.6 Å². The number of hydrogen-bond acceptors (Lipinski definition) is 7. The molecular formula is C24H22F2N6O3. The molecule has 0 spiro atoms. The summed E-state index contributed by atoms with van der Waals surface area (Å²) in [5.74, 6) is -2.29. The highest BCUT2D eigenvalue weighted by Gasteiger charge is 2.42. The summed E-state index contributed by atoms with van der Waals surface area (Å²) >= 11 is 0. The van der Waals surface area contributed by atoms with Crippen LogP contribution in [0.15, 0.2) is 42.5 Å². The lowest BCUT2D eigenvalue weighted by molar-refractivity contribution is -0.0643. The number of amides is 1. The third-order valence-corrected chi connectivity index (χ3v) is 6.21. The van der Waals surface area contributed by atoms with Crippen molar-refractivity contribution in [2.24, 2.45) is 11.5 Å². The first-order chi connectivity index (χ1) is 16.6. The van der Waals surface area contributed by atoms with Gasteiger partial charge in [0.05, 0.1) is 18.7 Å². The Morgan fingerprint density at radius 1 is 1.20 bits per heavy atom. The summed E-state index contributed by atoms with van der Waals surface area (Å²) in [4.78, 5) is 16.6. The Morgan fingerprint density at radius 2 is 1.91 bits per heavy atom. The van der Waals surface area contributed by atoms with Crippen molar-refractivity contribution in [1.29, 1.82) is 0 Å². The average molecular weight is 480 g/mol. The Kier molecular flexibility index (Phi) is 5.18. The second-order valence-corrected chi connectivity index (χ2v) is 8.60. The molecule has 35 heavy (non-hydrogen) atoms. The Labute approximate surface area is 198 Å². The maximum absolute atomic E-state index is 15.2. The first-order valence-corrected chi connectivity index (χ1v) is 10.7. The molecule has 1 fully saturated rings. The monoisotopic (exact) mass is 480 g/mol. The number of nitrogens with zero attached hydrogens (tertiary/aromatic N) is 3. The van der Waals surface area contributed by atoms with Crippen LogP contribution in [0, 0.1) is 11.6 Å². The van der Waals surface area contributed by atoms with E-state index in [0.717, 1.165) is 0 Å². The minimum Gasteiger partial charge on any atom is -0.493 e. The predicted octanol–water partition coefficient (Wildman–Crippen LogP) is 2.72. The number of fused-ring (bicyclic) bond motifs is 1. The quantitative estimate of drug-likeness (QED) is 0.320. The zero-order valence-corrected chi connectivity index (χ0v) is 18.6. The van der Waals surface area contributed by atoms with Crippen LogP contribution in [0.25, 0.3) is 33.4 Å². The third kappa shape index (κ3) is 3.65. The van der Waals surface area contributed by atoms with Gasteiger partial charge in [0.25, 0.3) is 5.91 Å². The molecule has 0 saturated heterocycles. The highest BCUT2D eigenvalue weighted by Crippen LogP contribution is 2.42. The van der Waals surface area contributed by atoms with Crippen LogP contribution in [0.2, 0.25) is 0 Å². The molecular weight excluding hydrogens is 458 g/mol. The lowest BCUT2D eigenvalue weighted by Gasteiger charge is -2.40. The fourth-order valence-corrected chi connectivity index (χ4v) is 4.49. The lowest BCUT2D eigenvalue weighted by atomic mass is 9.83. The number of aliphatic hydroxyl groups is 1. The van der Waals surface area contributed by atoms with E-state index in [1.807, 2.05) is 0 Å². The molecule has 1 aliphatic carbocycles. The Hall–Kier alpha value is -4.09. The maximum Gasteiger partial charge on any atom is 0.254 e. The second-order valence-electron chi connectivity index (χ2n) is 8.60. The summed E-state index contributed by atoms with van der Waals surface area (Å²) in [6.07, 6.45) is 0.413. The minimum absolute atomic E-state index is 0.000199. The van der Waals surface area contributed by atoms with E-state index in [0.29, 0.717) is 10.9 Å². The van der Waals surface area contributed by atoms with Gasteiger partial charge in [0.2, 0.25) is 0 Å². The molecule has 180 valence electrons. The summed E-state index contributed by atoms with van der Waals surface area (Å²) in [6, 6.07) is 10.1. The Bertz CT molecular complexity index is 1490. The molecule has 0 bridgehead atoms. The number of pyridine rings is 1. The van der Waals surface area contributed by atoms with E-state index in [-0.39, 0.29) is 58.5 Å². The van der Waals surface area contributed by atoms with Crippen molar-refractivity contribution in [3.8, 4) is 28.3 Å². The first-order valence-electron chi connectivity index (χ1n) is 10.7. The van der Waals surface area contributed by atoms with Gasteiger partial charge in [-0.1, -0.05) is 18.2 Å². The van der Waals surface area contributed by atoms with E-state index < -0.39 is 23.3 Å². The van der Waals surface area contributed by atoms with Gasteiger partial charge >= 0.3 is 0 Å². The molecule has 2 aromatic heterocycles. The number of hydrogen-bond donors (Lipinski definition) is 4. The molecule has 11 heteroatoms. The fraction of sp³-hybridized carbons (Fsp3) is 0.208. The Morgan fingerprint density at radius 3 is 2.54 bits per heavy atom. The number of carbonyl (C=O) groups is 1. The topological polar surface area (TPSA) is 155 Å². The van der Waals surface area contributed by atoms with E-state index in [9.17, 15) is 14.3 Å². The largest absolute Gasteiger partial charge is 0.493 e. The van der Waals surface area contributed by atoms with Crippen molar-refractivity contribution >= 4 is 22.6 Å². The van der Waals surface area contributed by atoms with Gasteiger partial charge in [0.15, 0.2) is 11.6 Å². The van der Waals surface area contributed by atoms with Crippen molar-refractivity contribution in [2.45, 2.75) is 24.6 Å². The van der Waals surface area contributed by atoms with Gasteiger partial charge in [-0.3, -0.25) is 4.79 Å². The van der Waals surface area contributed by atoms with Crippen LogP contribution >= 0.6 is 0 Å². The van der Waals surface area contributed by atoms with Gasteiger partial charge in [-0.15, -0.1) is 0 Å². The van der Waals surface area contributed by atoms with Gasteiger partial charge in [-0.05, 0) is 24.3 Å². The number of halogens is 2. The van der Waals surface area contributed by atoms with Crippen molar-refractivity contribution in [3.05, 3.63) is 59.7 Å². The molecule has 2 aromatic carbocycles. The van der Waals surface area contributed by atoms with E-state index in [1.165, 1.54) is 30.0 Å². The molecule has 4 aromatic rings. The molecule has 0 atom stereocenters. The number of aromatic nitrogens is 3. The number of rotatable bonds is 5. The van der Waals surface area contributed by atoms with Gasteiger partial charge in [-0.2, -0.15) is 5.10 Å². The number of primary amides is 1. The standard InChI is InChI=1S/C24H22F2N6O3/c1-35-21-14-7-6-11(8-16(14)30-20(18(21)26)13-4-2-3-5-15(13)25)19-17(23(28)33)22(27)32(31-19)12-9-24(29,34)10-12/h2-8,12,34H,9-10,27,29H2,1H3,(H2,28,33). The van der Waals surface area contributed by atoms with E-state index >= 15 is 4.39 Å². The van der Waals surface area contributed by atoms with Crippen molar-refractivity contribution in [3.63, 3.8) is 0 Å². The fourth-order valence-electron chi connectivity index (χ4n) is 4.49. The number of carbonyl (C=O) groups excluding carboxylic acids is 1. The van der Waals surface area contributed by atoms with E-state index in [1.54, 1.807) is 24.3 Å². The van der Waals surface area contributed by atoms with E-state index in [4.69, 9.17) is 21.9 Å². The number of benzene rings is 2. The molecule has 0 radical (unpaired) electrons. The first kappa shape index (κ1) is 22.7. The molecule has 1 saturated carbocycles. The molecule has 2 heterocycles. The van der Waals surface area contributed by atoms with Gasteiger partial charge < -0.3 is 27.0 Å². The summed E-state index contributed by atoms with van der Waals surface area (Å²) < 4.78 is 36.4. The van der Waals surface area contributed by atoms with Crippen molar-refractivity contribution in [2.75, 3.05) is 12.8 Å². The van der Waals surface area contributed by atoms with Crippen LogP contribution in [0.1, 0.15) is 29.2 Å². The second kappa shape index (κ2) is 8.00. The summed E-state index contributed by atoms with van der Waals surface area (Å²) in [6.45, 7) is 0. The normalized spacial score (nSPS) is 19.5. The zero-order valence-electron chi connectivity index (χ0n) is 18.6. The predicted molar refractivity (Wildman–Crippen MR) is 125 cm³/mol. The summed E-state index contributed by atoms with van der Waals surface area (Å²) in [5.41, 5.74) is 16.8. The third-order valence-electron chi connectivity index (χ3n) is 6.21. The number of nitrogen functional groups attached to an aromatic ring is 1. The smallest absolute Gasteiger partial charge is 0.254 e. The number of nitrogens with two attached hydrogens (primary N) is 3. The molecule has 0 unspecified atom stereocenters. The van der Waals surface area contributed by atoms with Gasteiger partial charge in [-0.25, -0.2) is 18.4 Å². The van der Waals surface area contributed by atoms with Crippen LogP contribution in [0.5, 0.6) is 5.75 Å². The van der Waals surface area contributed by atoms with Crippen LogP contribution in [-0.2, 0) is 0 Å². The number of ether oxygens (including phenoxy) is 1. The SMILES string of the molecule is COc1c(F)c(-c2ccccc2F)nc2cc(-c3nn(C4CC(N)(O)C4)c(N)c3C(N)=O)ccc12. The summed E-state index contributed by atoms with van der Waals surface area (Å²) in [7, 11) is 1.31. The van der Waals surface area contributed by atoms with Crippen LogP contribution < -0.4 is 21.9 Å². The summed E-state index contributed by atoms with van der Waals surface area (Å²) in [5, 5.41) is 14.7. The lowest BCUT2D eigenvalue weighted by Crippen LogP contribution is -2.52. The molecule has 5 rings (SSSR count). The van der Waals surface area contributed by atoms with E-state index in [2.05, 4.69) is 10.1 Å². The van der Waals surface area contributed by atoms with Gasteiger partial charge in [0, 0.05) is 29.4 Å². The molecule has 1 amide bonds. The molecule has 7 N–H and O–H groups in total. The molecule has 1 aliphatic rings. The van der Waals surface area contributed by atoms with Crippen LogP contribution in [0.4, 0.5) is 14.6 Å². The Balaban J connectivity index is 1.69. The minimum atomic E-state index is -1.33. The van der Waals surface area contributed by atoms with Gasteiger partial charge in [0.1, 0.15) is 34.3 Å². The number of methoxy groups -OCH3 is 1.